The van der Waals surface area contributed by atoms with Crippen LogP contribution in [-0.2, 0) is 7.05 Å². The Labute approximate surface area is 203 Å². The van der Waals surface area contributed by atoms with E-state index in [9.17, 15) is 0 Å². The maximum atomic E-state index is 5.27. The van der Waals surface area contributed by atoms with Gasteiger partial charge in [-0.1, -0.05) is 0 Å². The molecule has 1 fully saturated rings. The topological polar surface area (TPSA) is 61.2 Å². The van der Waals surface area contributed by atoms with Crippen molar-refractivity contribution in [3.05, 3.63) is 42.2 Å². The maximum absolute atomic E-state index is 5.27. The van der Waals surface area contributed by atoms with E-state index in [2.05, 4.69) is 64.5 Å². The molecule has 9 heteroatoms. The van der Waals surface area contributed by atoms with Crippen molar-refractivity contribution in [2.24, 2.45) is 12.0 Å². The summed E-state index contributed by atoms with van der Waals surface area (Å²) in [5.41, 5.74) is 2.42. The van der Waals surface area contributed by atoms with Gasteiger partial charge in [-0.2, -0.15) is 5.10 Å². The van der Waals surface area contributed by atoms with Crippen molar-refractivity contribution in [1.29, 1.82) is 0 Å². The second kappa shape index (κ2) is 12.1. The second-order valence-electron chi connectivity index (χ2n) is 7.79. The van der Waals surface area contributed by atoms with E-state index >= 15 is 0 Å². The van der Waals surface area contributed by atoms with Gasteiger partial charge < -0.3 is 24.8 Å². The number of anilines is 1. The number of aliphatic imine (C=N–C) groups is 1. The zero-order valence-electron chi connectivity index (χ0n) is 19.3. The number of halogens is 1. The third-order valence-electron chi connectivity index (χ3n) is 5.50. The van der Waals surface area contributed by atoms with Gasteiger partial charge in [-0.3, -0.25) is 9.67 Å². The molecule has 1 aliphatic heterocycles. The summed E-state index contributed by atoms with van der Waals surface area (Å²) in [5.74, 6) is 1.88. The highest BCUT2D eigenvalue weighted by Crippen LogP contribution is 2.21. The number of hydrogen-bond acceptors (Lipinski definition) is 5. The van der Waals surface area contributed by atoms with Crippen molar-refractivity contribution in [2.75, 3.05) is 65.4 Å². The molecular weight excluding hydrogens is 505 g/mol. The highest BCUT2D eigenvalue weighted by molar-refractivity contribution is 14.0. The molecule has 0 spiro atoms. The molecule has 0 bridgehead atoms. The van der Waals surface area contributed by atoms with Gasteiger partial charge in [-0.25, -0.2) is 0 Å². The van der Waals surface area contributed by atoms with Crippen LogP contribution >= 0.6 is 24.0 Å². The molecule has 3 rings (SSSR count). The average molecular weight is 541 g/mol. The monoisotopic (exact) mass is 541 g/mol. The minimum atomic E-state index is 0. The van der Waals surface area contributed by atoms with Crippen molar-refractivity contribution >= 4 is 35.6 Å². The van der Waals surface area contributed by atoms with Crippen LogP contribution in [0, 0.1) is 0 Å². The first-order chi connectivity index (χ1) is 14.5. The second-order valence-corrected chi connectivity index (χ2v) is 7.79. The minimum Gasteiger partial charge on any atom is -0.497 e. The number of hydrogen-bond donors (Lipinski definition) is 1. The summed E-state index contributed by atoms with van der Waals surface area (Å²) in [7, 11) is 7.83. The van der Waals surface area contributed by atoms with Gasteiger partial charge in [-0.15, -0.1) is 24.0 Å². The lowest BCUT2D eigenvalue weighted by atomic mass is 10.1. The molecule has 1 unspecified atom stereocenters. The number of piperazine rings is 1. The fourth-order valence-electron chi connectivity index (χ4n) is 3.75. The third kappa shape index (κ3) is 6.73. The summed E-state index contributed by atoms with van der Waals surface area (Å²) in [6.45, 7) is 7.49. The summed E-state index contributed by atoms with van der Waals surface area (Å²) in [6, 6.07) is 8.50. The predicted molar refractivity (Wildman–Crippen MR) is 138 cm³/mol. The lowest BCUT2D eigenvalue weighted by molar-refractivity contribution is 0.303. The Morgan fingerprint density at radius 2 is 1.87 bits per heavy atom. The van der Waals surface area contributed by atoms with Crippen molar-refractivity contribution in [2.45, 2.75) is 13.0 Å². The molecule has 172 valence electrons. The molecule has 8 nitrogen and oxygen atoms in total. The van der Waals surface area contributed by atoms with Crippen molar-refractivity contribution < 1.29 is 4.74 Å². The first-order valence-electron chi connectivity index (χ1n) is 10.6. The zero-order chi connectivity index (χ0) is 21.5. The molecule has 0 radical (unpaired) electrons. The maximum Gasteiger partial charge on any atom is 0.194 e. The molecule has 1 saturated heterocycles. The van der Waals surface area contributed by atoms with Crippen LogP contribution in [0.4, 0.5) is 5.69 Å². The van der Waals surface area contributed by atoms with E-state index in [0.29, 0.717) is 6.54 Å². The van der Waals surface area contributed by atoms with E-state index in [-0.39, 0.29) is 30.0 Å². The Balaban J connectivity index is 0.00000341. The molecule has 1 N–H and O–H groups in total. The van der Waals surface area contributed by atoms with Crippen molar-refractivity contribution in [3.63, 3.8) is 0 Å². The number of aryl methyl sites for hydroxylation is 1. The van der Waals surface area contributed by atoms with E-state index in [4.69, 9.17) is 9.73 Å². The molecule has 1 atom stereocenters. The van der Waals surface area contributed by atoms with Crippen LogP contribution in [0.5, 0.6) is 5.75 Å². The van der Waals surface area contributed by atoms with Crippen LogP contribution in [-0.4, -0.2) is 86.0 Å². The quantitative estimate of drug-likeness (QED) is 0.330. The summed E-state index contributed by atoms with van der Waals surface area (Å²) >= 11 is 0. The van der Waals surface area contributed by atoms with Gasteiger partial charge in [0.15, 0.2) is 5.96 Å². The van der Waals surface area contributed by atoms with Crippen LogP contribution in [0.15, 0.2) is 41.7 Å². The molecule has 1 aromatic heterocycles. The Morgan fingerprint density at radius 3 is 2.39 bits per heavy atom. The predicted octanol–water partition coefficient (Wildman–Crippen LogP) is 2.44. The Hall–Kier alpha value is -2.01. The van der Waals surface area contributed by atoms with Crippen LogP contribution in [0.3, 0.4) is 0 Å². The number of nitrogens with one attached hydrogen (secondary N) is 1. The van der Waals surface area contributed by atoms with Gasteiger partial charge in [0.05, 0.1) is 25.9 Å². The van der Waals surface area contributed by atoms with Gasteiger partial charge in [0, 0.05) is 57.2 Å². The molecule has 2 heterocycles. The summed E-state index contributed by atoms with van der Waals surface area (Å²) in [5, 5.41) is 7.80. The highest BCUT2D eigenvalue weighted by atomic mass is 127. The van der Waals surface area contributed by atoms with Gasteiger partial charge in [0.2, 0.25) is 0 Å². The van der Waals surface area contributed by atoms with Gasteiger partial charge in [0.1, 0.15) is 5.75 Å². The standard InChI is InChI=1S/C22H35N7O.HI/c1-6-23-22(24-16-21(26(2)3)18-15-25-27(4)17-18)29-13-11-28(12-14-29)19-7-9-20(30-5)10-8-19;/h7-10,15,17,21H,6,11-14,16H2,1-5H3,(H,23,24);1H. The van der Waals surface area contributed by atoms with E-state index in [0.717, 1.165) is 44.4 Å². The molecule has 1 aliphatic rings. The van der Waals surface area contributed by atoms with E-state index in [1.165, 1.54) is 11.3 Å². The lowest BCUT2D eigenvalue weighted by Gasteiger charge is -2.38. The number of ether oxygens (including phenoxy) is 1. The first-order valence-corrected chi connectivity index (χ1v) is 10.6. The minimum absolute atomic E-state index is 0. The average Bonchev–Trinajstić information content (AvgIpc) is 3.19. The van der Waals surface area contributed by atoms with Gasteiger partial charge in [-0.05, 0) is 45.3 Å². The van der Waals surface area contributed by atoms with Crippen LogP contribution in [0.25, 0.3) is 0 Å². The number of nitrogens with zero attached hydrogens (tertiary/aromatic N) is 6. The van der Waals surface area contributed by atoms with Gasteiger partial charge >= 0.3 is 0 Å². The summed E-state index contributed by atoms with van der Waals surface area (Å²) in [4.78, 5) is 12.0. The smallest absolute Gasteiger partial charge is 0.194 e. The van der Waals surface area contributed by atoms with E-state index in [1.54, 1.807) is 7.11 Å². The SMILES string of the molecule is CCNC(=NCC(c1cnn(C)c1)N(C)C)N1CCN(c2ccc(OC)cc2)CC1.I. The number of aromatic nitrogens is 2. The molecule has 0 amide bonds. The molecule has 2 aromatic rings. The lowest BCUT2D eigenvalue weighted by Crippen LogP contribution is -2.52. The van der Waals surface area contributed by atoms with E-state index < -0.39 is 0 Å². The molecule has 0 saturated carbocycles. The zero-order valence-corrected chi connectivity index (χ0v) is 21.6. The van der Waals surface area contributed by atoms with Crippen LogP contribution < -0.4 is 15.0 Å². The highest BCUT2D eigenvalue weighted by Gasteiger charge is 2.21. The molecule has 0 aliphatic carbocycles. The van der Waals surface area contributed by atoms with Crippen molar-refractivity contribution in [3.8, 4) is 5.75 Å². The third-order valence-corrected chi connectivity index (χ3v) is 5.50. The number of guanidine groups is 1. The molecular formula is C22H36IN7O. The van der Waals surface area contributed by atoms with Gasteiger partial charge in [0.25, 0.3) is 0 Å². The van der Waals surface area contributed by atoms with Crippen LogP contribution in [0.2, 0.25) is 0 Å². The number of methoxy groups -OCH3 is 1. The van der Waals surface area contributed by atoms with E-state index in [1.807, 2.05) is 30.1 Å². The number of rotatable bonds is 7. The summed E-state index contributed by atoms with van der Waals surface area (Å²) in [6.07, 6.45) is 4.00. The molecule has 31 heavy (non-hydrogen) atoms. The fourth-order valence-corrected chi connectivity index (χ4v) is 3.75. The number of benzene rings is 1. The normalized spacial score (nSPS) is 15.6. The Bertz CT molecular complexity index is 814. The van der Waals surface area contributed by atoms with Crippen molar-refractivity contribution in [1.82, 2.24) is 24.9 Å². The fraction of sp³-hybridized carbons (Fsp3) is 0.545. The Kier molecular flexibility index (Phi) is 9.89. The first kappa shape index (κ1) is 25.3. The Morgan fingerprint density at radius 1 is 1.19 bits per heavy atom. The largest absolute Gasteiger partial charge is 0.497 e. The van der Waals surface area contributed by atoms with Crippen LogP contribution in [0.1, 0.15) is 18.5 Å². The molecule has 1 aromatic carbocycles. The number of likely N-dealkylation sites (N-methyl/N-ethyl adjacent to an activating group) is 1. The summed E-state index contributed by atoms with van der Waals surface area (Å²) < 4.78 is 7.12.